The van der Waals surface area contributed by atoms with Gasteiger partial charge < -0.3 is 28.6 Å². The summed E-state index contributed by atoms with van der Waals surface area (Å²) in [4.78, 5) is 7.10. The van der Waals surface area contributed by atoms with Crippen LogP contribution in [-0.2, 0) is 29.2 Å². The molecule has 0 fully saturated rings. The average molecular weight is 560 g/mol. The van der Waals surface area contributed by atoms with Crippen LogP contribution >= 0.6 is 11.3 Å². The van der Waals surface area contributed by atoms with E-state index >= 15 is 0 Å². The van der Waals surface area contributed by atoms with Crippen molar-refractivity contribution < 1.29 is 23.7 Å². The molecule has 0 amide bonds. The lowest BCUT2D eigenvalue weighted by molar-refractivity contribution is 0.0296. The van der Waals surface area contributed by atoms with Crippen molar-refractivity contribution in [3.63, 3.8) is 0 Å². The monoisotopic (exact) mass is 559 g/mol. The average Bonchev–Trinajstić information content (AvgIpc) is 3.47. The van der Waals surface area contributed by atoms with E-state index in [1.165, 1.54) is 0 Å². The maximum atomic E-state index is 8.96. The fraction of sp³-hybridized carbons (Fsp3) is 0.290. The molecule has 4 rings (SSSR count). The van der Waals surface area contributed by atoms with E-state index in [9.17, 15) is 0 Å². The maximum absolute atomic E-state index is 8.96. The van der Waals surface area contributed by atoms with Crippen LogP contribution in [0.2, 0.25) is 0 Å². The second-order valence-corrected chi connectivity index (χ2v) is 9.67. The van der Waals surface area contributed by atoms with E-state index in [2.05, 4.69) is 23.1 Å². The number of methoxy groups -OCH3 is 2. The lowest BCUT2D eigenvalue weighted by Crippen LogP contribution is -2.22. The van der Waals surface area contributed by atoms with Gasteiger partial charge in [-0.05, 0) is 53.6 Å². The first kappa shape index (κ1) is 28.9. The smallest absolute Gasteiger partial charge is 0.186 e. The predicted molar refractivity (Wildman–Crippen MR) is 155 cm³/mol. The Morgan fingerprint density at radius 2 is 1.40 bits per heavy atom. The minimum atomic E-state index is 0.404. The summed E-state index contributed by atoms with van der Waals surface area (Å²) in [5.41, 5.74) is 3.71. The van der Waals surface area contributed by atoms with Crippen LogP contribution in [0, 0.1) is 11.3 Å². The van der Waals surface area contributed by atoms with Gasteiger partial charge >= 0.3 is 0 Å². The largest absolute Gasteiger partial charge is 0.497 e. The highest BCUT2D eigenvalue weighted by atomic mass is 32.1. The van der Waals surface area contributed by atoms with Crippen LogP contribution in [0.5, 0.6) is 17.2 Å². The molecule has 1 aromatic heterocycles. The lowest BCUT2D eigenvalue weighted by Gasteiger charge is -2.22. The van der Waals surface area contributed by atoms with Gasteiger partial charge in [-0.2, -0.15) is 5.26 Å². The number of nitrogens with zero attached hydrogens (tertiary/aromatic N) is 3. The standard InChI is InChI=1S/C31H33N3O5S/c1-35-28-9-4-7-25(17-28)20-34(21-26-8-5-10-29(18-26)36-2)31-33-27(23-40-31)22-38-13-12-37-14-15-39-30-11-3-6-24(16-30)19-32/h3-11,16-18,23H,12-15,20-22H2,1-2H3. The summed E-state index contributed by atoms with van der Waals surface area (Å²) in [5, 5.41) is 11.9. The molecule has 0 bridgehead atoms. The van der Waals surface area contributed by atoms with Crippen molar-refractivity contribution >= 4 is 16.5 Å². The van der Waals surface area contributed by atoms with E-state index in [-0.39, 0.29) is 0 Å². The van der Waals surface area contributed by atoms with Crippen molar-refractivity contribution in [2.24, 2.45) is 0 Å². The second kappa shape index (κ2) is 15.5. The molecule has 208 valence electrons. The zero-order chi connectivity index (χ0) is 28.0. The molecule has 0 atom stereocenters. The highest BCUT2D eigenvalue weighted by Gasteiger charge is 2.14. The van der Waals surface area contributed by atoms with Gasteiger partial charge in [0.2, 0.25) is 0 Å². The number of benzene rings is 3. The van der Waals surface area contributed by atoms with Crippen molar-refractivity contribution in [1.82, 2.24) is 4.98 Å². The Balaban J connectivity index is 1.26. The summed E-state index contributed by atoms with van der Waals surface area (Å²) >= 11 is 1.60. The van der Waals surface area contributed by atoms with Gasteiger partial charge in [0.1, 0.15) is 23.9 Å². The first-order chi connectivity index (χ1) is 19.7. The Labute approximate surface area is 239 Å². The SMILES string of the molecule is COc1cccc(CN(Cc2cccc(OC)c2)c2nc(COCCOCCOc3cccc(C#N)c3)cs2)c1. The van der Waals surface area contributed by atoms with Crippen LogP contribution in [-0.4, -0.2) is 45.6 Å². The molecule has 9 heteroatoms. The van der Waals surface area contributed by atoms with E-state index in [4.69, 9.17) is 33.9 Å². The Kier molecular flexibility index (Phi) is 11.2. The van der Waals surface area contributed by atoms with E-state index in [1.807, 2.05) is 47.8 Å². The first-order valence-electron chi connectivity index (χ1n) is 12.9. The third-order valence-corrected chi connectivity index (χ3v) is 6.86. The molecule has 0 aliphatic carbocycles. The number of ether oxygens (including phenoxy) is 5. The van der Waals surface area contributed by atoms with Crippen LogP contribution in [0.4, 0.5) is 5.13 Å². The van der Waals surface area contributed by atoms with E-state index < -0.39 is 0 Å². The van der Waals surface area contributed by atoms with Crippen molar-refractivity contribution in [3.05, 3.63) is 101 Å². The normalized spacial score (nSPS) is 10.6. The lowest BCUT2D eigenvalue weighted by atomic mass is 10.1. The number of rotatable bonds is 16. The van der Waals surface area contributed by atoms with Gasteiger partial charge in [-0.25, -0.2) is 4.98 Å². The van der Waals surface area contributed by atoms with Crippen molar-refractivity contribution in [2.45, 2.75) is 19.7 Å². The molecule has 0 aliphatic rings. The Morgan fingerprint density at radius 1 is 0.775 bits per heavy atom. The highest BCUT2D eigenvalue weighted by molar-refractivity contribution is 7.13. The van der Waals surface area contributed by atoms with Gasteiger partial charge in [0.25, 0.3) is 0 Å². The summed E-state index contributed by atoms with van der Waals surface area (Å²) in [6.45, 7) is 3.51. The van der Waals surface area contributed by atoms with Gasteiger partial charge in [-0.3, -0.25) is 0 Å². The molecule has 0 radical (unpaired) electrons. The molecular weight excluding hydrogens is 526 g/mol. The van der Waals surface area contributed by atoms with Gasteiger partial charge in [0.15, 0.2) is 5.13 Å². The molecule has 1 heterocycles. The first-order valence-corrected chi connectivity index (χ1v) is 13.8. The summed E-state index contributed by atoms with van der Waals surface area (Å²) in [6, 6.07) is 25.3. The Bertz CT molecular complexity index is 1340. The highest BCUT2D eigenvalue weighted by Crippen LogP contribution is 2.27. The number of thiazole rings is 1. The third-order valence-electron chi connectivity index (χ3n) is 5.91. The number of aromatic nitrogens is 1. The molecule has 0 aliphatic heterocycles. The molecule has 3 aromatic carbocycles. The Morgan fingerprint density at radius 3 is 2.08 bits per heavy atom. The van der Waals surface area contributed by atoms with Crippen molar-refractivity contribution in [1.29, 1.82) is 5.26 Å². The molecule has 40 heavy (non-hydrogen) atoms. The summed E-state index contributed by atoms with van der Waals surface area (Å²) in [5.74, 6) is 2.31. The zero-order valence-electron chi connectivity index (χ0n) is 22.7. The van der Waals surface area contributed by atoms with Crippen LogP contribution in [0.15, 0.2) is 78.2 Å². The van der Waals surface area contributed by atoms with Crippen LogP contribution in [0.3, 0.4) is 0 Å². The van der Waals surface area contributed by atoms with Crippen molar-refractivity contribution in [3.8, 4) is 23.3 Å². The molecule has 0 saturated carbocycles. The minimum Gasteiger partial charge on any atom is -0.497 e. The number of hydrogen-bond acceptors (Lipinski definition) is 9. The second-order valence-electron chi connectivity index (χ2n) is 8.83. The topological polar surface area (TPSA) is 86.1 Å². The van der Waals surface area contributed by atoms with Gasteiger partial charge in [0, 0.05) is 18.5 Å². The molecule has 0 saturated heterocycles. The summed E-state index contributed by atoms with van der Waals surface area (Å²) in [6.07, 6.45) is 0. The number of hydrogen-bond donors (Lipinski definition) is 0. The van der Waals surface area contributed by atoms with E-state index in [0.717, 1.165) is 33.5 Å². The zero-order valence-corrected chi connectivity index (χ0v) is 23.6. The van der Waals surface area contributed by atoms with Gasteiger partial charge in [0.05, 0.1) is 58.0 Å². The predicted octanol–water partition coefficient (Wildman–Crippen LogP) is 5.85. The van der Waals surface area contributed by atoms with Gasteiger partial charge in [-0.1, -0.05) is 30.3 Å². The molecule has 0 N–H and O–H groups in total. The minimum absolute atomic E-state index is 0.404. The molecule has 8 nitrogen and oxygen atoms in total. The fourth-order valence-electron chi connectivity index (χ4n) is 3.95. The summed E-state index contributed by atoms with van der Waals surface area (Å²) in [7, 11) is 3.35. The van der Waals surface area contributed by atoms with E-state index in [0.29, 0.717) is 57.4 Å². The number of anilines is 1. The maximum Gasteiger partial charge on any atom is 0.186 e. The van der Waals surface area contributed by atoms with Crippen LogP contribution in [0.25, 0.3) is 0 Å². The van der Waals surface area contributed by atoms with Crippen LogP contribution < -0.4 is 19.1 Å². The fourth-order valence-corrected chi connectivity index (χ4v) is 4.76. The van der Waals surface area contributed by atoms with Gasteiger partial charge in [-0.15, -0.1) is 11.3 Å². The molecular formula is C31H33N3O5S. The van der Waals surface area contributed by atoms with Crippen molar-refractivity contribution in [2.75, 3.05) is 45.5 Å². The van der Waals surface area contributed by atoms with Crippen LogP contribution in [0.1, 0.15) is 22.4 Å². The third kappa shape index (κ3) is 8.99. The summed E-state index contributed by atoms with van der Waals surface area (Å²) < 4.78 is 27.8. The molecule has 4 aromatic rings. The quantitative estimate of drug-likeness (QED) is 0.158. The molecule has 0 spiro atoms. The Hall–Kier alpha value is -4.10. The number of nitriles is 1. The molecule has 0 unspecified atom stereocenters. The van der Waals surface area contributed by atoms with E-state index in [1.54, 1.807) is 43.8 Å².